The van der Waals surface area contributed by atoms with Gasteiger partial charge in [-0.1, -0.05) is 178 Å². The minimum atomic E-state index is -0.230. The van der Waals surface area contributed by atoms with Gasteiger partial charge in [0.25, 0.3) is 0 Å². The van der Waals surface area contributed by atoms with Crippen LogP contribution in [0.15, 0.2) is 194 Å². The third kappa shape index (κ3) is 4.91. The van der Waals surface area contributed by atoms with E-state index in [9.17, 15) is 0 Å². The number of rotatable bonds is 4. The SMILES string of the molecule is CC1(C)c2ccccc2-c2cccc(C3NC(n4c5ccccc5c5ccc6c(c54)C4C=CC=CC4N6c4ccc(-c5cccc6ccccc56)cc4)Nc4ccccc43)c21. The van der Waals surface area contributed by atoms with Crippen LogP contribution in [0.4, 0.5) is 17.1 Å². The molecule has 0 fully saturated rings. The number of para-hydroxylation sites is 2. The van der Waals surface area contributed by atoms with E-state index in [0.29, 0.717) is 0 Å². The van der Waals surface area contributed by atoms with Crippen molar-refractivity contribution in [2.45, 2.75) is 43.6 Å². The predicted octanol–water partition coefficient (Wildman–Crippen LogP) is 13.9. The van der Waals surface area contributed by atoms with Crippen molar-refractivity contribution in [1.29, 1.82) is 0 Å². The summed E-state index contributed by atoms with van der Waals surface area (Å²) in [5.41, 5.74) is 17.9. The molecule has 0 amide bonds. The number of benzene rings is 8. The van der Waals surface area contributed by atoms with Gasteiger partial charge in [-0.3, -0.25) is 5.32 Å². The fraction of sp³-hybridized carbons (Fsp3) is 0.123. The topological polar surface area (TPSA) is 32.2 Å². The first kappa shape index (κ1) is 34.7. The number of allylic oxidation sites excluding steroid dienone is 2. The Labute approximate surface area is 356 Å². The molecule has 4 aliphatic rings. The Balaban J connectivity index is 0.982. The molecule has 0 saturated heterocycles. The van der Waals surface area contributed by atoms with Crippen molar-refractivity contribution in [3.8, 4) is 22.3 Å². The molecule has 3 heterocycles. The van der Waals surface area contributed by atoms with Gasteiger partial charge in [0.2, 0.25) is 0 Å². The number of hydrogen-bond donors (Lipinski definition) is 2. The maximum atomic E-state index is 4.25. The first-order valence-corrected chi connectivity index (χ1v) is 21.7. The Bertz CT molecular complexity index is 3320. The van der Waals surface area contributed by atoms with E-state index in [1.54, 1.807) is 0 Å². The molecule has 1 aromatic heterocycles. The second-order valence-corrected chi connectivity index (χ2v) is 17.7. The summed E-state index contributed by atoms with van der Waals surface area (Å²) in [6, 6.07) is 63.1. The molecule has 9 aromatic rings. The van der Waals surface area contributed by atoms with Crippen LogP contribution in [0, 0.1) is 0 Å². The molecule has 2 aliphatic heterocycles. The number of anilines is 3. The van der Waals surface area contributed by atoms with Gasteiger partial charge in [-0.15, -0.1) is 0 Å². The van der Waals surface area contributed by atoms with E-state index < -0.39 is 0 Å². The van der Waals surface area contributed by atoms with E-state index in [-0.39, 0.29) is 29.7 Å². The highest BCUT2D eigenvalue weighted by Crippen LogP contribution is 2.55. The monoisotopic (exact) mass is 784 g/mol. The standard InChI is InChI=1S/C57H44N4/c1-57(2)47-25-9-5-18-40(47)42-23-14-24-46(53(42)57)54-44-20-6-10-26-48(44)58-56(59-54)61-49-27-11-7-19-41(49)43-33-34-51-52(55(43)61)45-21-8-12-28-50(45)60(51)37-31-29-36(30-32-37)39-22-13-16-35-15-3-4-17-38(35)39/h3-34,45,50,54,56,58-59H,1-2H3. The Morgan fingerprint density at radius 3 is 2.18 bits per heavy atom. The summed E-state index contributed by atoms with van der Waals surface area (Å²) in [5, 5.41) is 13.4. The molecule has 2 N–H and O–H groups in total. The molecule has 0 spiro atoms. The number of aromatic nitrogens is 1. The zero-order valence-electron chi connectivity index (χ0n) is 34.2. The van der Waals surface area contributed by atoms with Crippen LogP contribution in [-0.4, -0.2) is 10.6 Å². The van der Waals surface area contributed by atoms with E-state index in [1.807, 2.05) is 0 Å². The lowest BCUT2D eigenvalue weighted by atomic mass is 9.77. The highest BCUT2D eigenvalue weighted by molar-refractivity contribution is 6.11. The Kier molecular flexibility index (Phi) is 7.35. The zero-order valence-corrected chi connectivity index (χ0v) is 34.2. The van der Waals surface area contributed by atoms with Crippen LogP contribution in [0.25, 0.3) is 54.8 Å². The third-order valence-corrected chi connectivity index (χ3v) is 14.2. The van der Waals surface area contributed by atoms with Crippen molar-refractivity contribution in [1.82, 2.24) is 9.88 Å². The fourth-order valence-electron chi connectivity index (χ4n) is 11.6. The van der Waals surface area contributed by atoms with Crippen LogP contribution in [0.3, 0.4) is 0 Å². The fourth-order valence-corrected chi connectivity index (χ4v) is 11.6. The van der Waals surface area contributed by atoms with E-state index in [1.165, 1.54) is 94.0 Å². The lowest BCUT2D eigenvalue weighted by Crippen LogP contribution is -2.41. The molecule has 4 unspecified atom stereocenters. The van der Waals surface area contributed by atoms with Crippen molar-refractivity contribution in [2.75, 3.05) is 10.2 Å². The van der Waals surface area contributed by atoms with Gasteiger partial charge in [0, 0.05) is 44.7 Å². The first-order valence-electron chi connectivity index (χ1n) is 21.7. The summed E-state index contributed by atoms with van der Waals surface area (Å²) in [6.45, 7) is 4.79. The molecule has 0 bridgehead atoms. The van der Waals surface area contributed by atoms with Crippen molar-refractivity contribution in [3.05, 3.63) is 222 Å². The highest BCUT2D eigenvalue weighted by atomic mass is 15.3. The Morgan fingerprint density at radius 2 is 1.26 bits per heavy atom. The van der Waals surface area contributed by atoms with Crippen molar-refractivity contribution >= 4 is 49.6 Å². The van der Waals surface area contributed by atoms with Crippen LogP contribution in [0.1, 0.15) is 59.9 Å². The summed E-state index contributed by atoms with van der Waals surface area (Å²) in [7, 11) is 0. The van der Waals surface area contributed by atoms with Gasteiger partial charge in [-0.25, -0.2) is 0 Å². The minimum absolute atomic E-state index is 0.0408. The highest BCUT2D eigenvalue weighted by Gasteiger charge is 2.43. The molecular formula is C57H44N4. The van der Waals surface area contributed by atoms with E-state index in [0.717, 1.165) is 5.69 Å². The molecule has 4 atom stereocenters. The zero-order chi connectivity index (χ0) is 40.4. The quantitative estimate of drug-likeness (QED) is 0.186. The summed E-state index contributed by atoms with van der Waals surface area (Å²) >= 11 is 0. The number of nitrogens with zero attached hydrogens (tertiary/aromatic N) is 2. The lowest BCUT2D eigenvalue weighted by Gasteiger charge is -2.38. The van der Waals surface area contributed by atoms with Gasteiger partial charge in [0.05, 0.1) is 23.1 Å². The largest absolute Gasteiger partial charge is 0.352 e. The molecule has 0 radical (unpaired) electrons. The van der Waals surface area contributed by atoms with Crippen molar-refractivity contribution in [2.24, 2.45) is 0 Å². The smallest absolute Gasteiger partial charge is 0.160 e. The maximum Gasteiger partial charge on any atom is 0.160 e. The molecular weight excluding hydrogens is 741 g/mol. The van der Waals surface area contributed by atoms with Crippen LogP contribution in [0.5, 0.6) is 0 Å². The van der Waals surface area contributed by atoms with Crippen molar-refractivity contribution < 1.29 is 0 Å². The second kappa shape index (κ2) is 12.9. The van der Waals surface area contributed by atoms with Crippen LogP contribution >= 0.6 is 0 Å². The molecule has 8 aromatic carbocycles. The third-order valence-electron chi connectivity index (χ3n) is 14.2. The summed E-state index contributed by atoms with van der Waals surface area (Å²) in [4.78, 5) is 2.57. The van der Waals surface area contributed by atoms with Gasteiger partial charge in [-0.2, -0.15) is 0 Å². The average Bonchev–Trinajstić information content (AvgIpc) is 3.92. The normalized spacial score (nSPS) is 20.3. The Morgan fingerprint density at radius 1 is 0.557 bits per heavy atom. The van der Waals surface area contributed by atoms with Crippen molar-refractivity contribution in [3.63, 3.8) is 0 Å². The summed E-state index contributed by atoms with van der Waals surface area (Å²) in [5.74, 6) is 0.174. The molecule has 4 nitrogen and oxygen atoms in total. The lowest BCUT2D eigenvalue weighted by molar-refractivity contribution is 0.413. The van der Waals surface area contributed by atoms with Gasteiger partial charge in [-0.05, 0) is 85.6 Å². The van der Waals surface area contributed by atoms with Crippen LogP contribution < -0.4 is 15.5 Å². The van der Waals surface area contributed by atoms with Gasteiger partial charge in [0.1, 0.15) is 0 Å². The number of fused-ring (bicyclic) bond motifs is 12. The molecule has 61 heavy (non-hydrogen) atoms. The predicted molar refractivity (Wildman–Crippen MR) is 254 cm³/mol. The number of hydrogen-bond acceptors (Lipinski definition) is 3. The van der Waals surface area contributed by atoms with Crippen LogP contribution in [0.2, 0.25) is 0 Å². The average molecular weight is 785 g/mol. The van der Waals surface area contributed by atoms with E-state index >= 15 is 0 Å². The first-order chi connectivity index (χ1) is 30.0. The summed E-state index contributed by atoms with van der Waals surface area (Å²) < 4.78 is 2.58. The van der Waals surface area contributed by atoms with Gasteiger partial charge in [0.15, 0.2) is 6.29 Å². The second-order valence-electron chi connectivity index (χ2n) is 17.7. The molecule has 4 heteroatoms. The molecule has 0 saturated carbocycles. The molecule has 292 valence electrons. The van der Waals surface area contributed by atoms with Crippen LogP contribution in [-0.2, 0) is 5.41 Å². The molecule has 13 rings (SSSR count). The van der Waals surface area contributed by atoms with Gasteiger partial charge < -0.3 is 14.8 Å². The molecule has 2 aliphatic carbocycles. The Hall–Kier alpha value is -7.14. The number of nitrogens with one attached hydrogen (secondary N) is 2. The van der Waals surface area contributed by atoms with E-state index in [2.05, 4.69) is 228 Å². The summed E-state index contributed by atoms with van der Waals surface area (Å²) in [6.07, 6.45) is 9.04. The maximum absolute atomic E-state index is 4.25. The van der Waals surface area contributed by atoms with Gasteiger partial charge >= 0.3 is 0 Å². The van der Waals surface area contributed by atoms with E-state index in [4.69, 9.17) is 0 Å². The minimum Gasteiger partial charge on any atom is -0.352 e.